The maximum Gasteiger partial charge on any atom is 0.259 e. The van der Waals surface area contributed by atoms with Crippen LogP contribution in [0, 0.1) is 6.92 Å². The van der Waals surface area contributed by atoms with E-state index in [1.54, 1.807) is 12.4 Å². The summed E-state index contributed by atoms with van der Waals surface area (Å²) < 4.78 is 1.91. The molecule has 0 atom stereocenters. The van der Waals surface area contributed by atoms with Crippen molar-refractivity contribution in [2.45, 2.75) is 46.6 Å². The molecule has 0 fully saturated rings. The van der Waals surface area contributed by atoms with Gasteiger partial charge in [0.2, 0.25) is 0 Å². The van der Waals surface area contributed by atoms with E-state index < -0.39 is 0 Å². The van der Waals surface area contributed by atoms with Crippen LogP contribution in [0.3, 0.4) is 0 Å². The van der Waals surface area contributed by atoms with Crippen LogP contribution in [0.4, 0.5) is 5.69 Å². The maximum absolute atomic E-state index is 12.4. The van der Waals surface area contributed by atoms with Crippen LogP contribution in [0.15, 0.2) is 24.5 Å². The highest BCUT2D eigenvalue weighted by Crippen LogP contribution is 2.20. The lowest BCUT2D eigenvalue weighted by Gasteiger charge is -2.22. The van der Waals surface area contributed by atoms with Gasteiger partial charge >= 0.3 is 0 Å². The van der Waals surface area contributed by atoms with Crippen molar-refractivity contribution in [3.8, 4) is 0 Å². The molecular formula is C16H22N4O. The summed E-state index contributed by atoms with van der Waals surface area (Å²) in [7, 11) is 0. The Labute approximate surface area is 125 Å². The highest BCUT2D eigenvalue weighted by molar-refractivity contribution is 6.04. The van der Waals surface area contributed by atoms with Crippen molar-refractivity contribution in [2.75, 3.05) is 5.32 Å². The van der Waals surface area contributed by atoms with Gasteiger partial charge in [-0.2, -0.15) is 5.10 Å². The number of nitrogens with one attached hydrogen (secondary N) is 1. The first-order valence-electron chi connectivity index (χ1n) is 7.14. The number of aryl methyl sites for hydroxylation is 1. The van der Waals surface area contributed by atoms with Crippen LogP contribution in [0.25, 0.3) is 0 Å². The van der Waals surface area contributed by atoms with Gasteiger partial charge < -0.3 is 5.32 Å². The topological polar surface area (TPSA) is 59.8 Å². The Kier molecular flexibility index (Phi) is 4.11. The Hall–Kier alpha value is -2.17. The van der Waals surface area contributed by atoms with Gasteiger partial charge in [0.25, 0.3) is 5.91 Å². The summed E-state index contributed by atoms with van der Waals surface area (Å²) >= 11 is 0. The van der Waals surface area contributed by atoms with Gasteiger partial charge in [-0.25, -0.2) is 0 Å². The van der Waals surface area contributed by atoms with Crippen molar-refractivity contribution < 1.29 is 4.79 Å². The first-order valence-corrected chi connectivity index (χ1v) is 7.14. The first-order chi connectivity index (χ1) is 9.82. The molecule has 0 aliphatic carbocycles. The van der Waals surface area contributed by atoms with Crippen LogP contribution in [0.2, 0.25) is 0 Å². The second-order valence-corrected chi connectivity index (χ2v) is 6.08. The fourth-order valence-electron chi connectivity index (χ4n) is 2.22. The summed E-state index contributed by atoms with van der Waals surface area (Å²) in [6.45, 7) is 10.2. The SMILES string of the molecule is CCc1c(C(=O)Nc2ccc(C)nc2)cnn1C(C)(C)C. The predicted octanol–water partition coefficient (Wildman–Crippen LogP) is 3.16. The Bertz CT molecular complexity index is 635. The van der Waals surface area contributed by atoms with Gasteiger partial charge in [0, 0.05) is 5.69 Å². The molecule has 1 N–H and O–H groups in total. The molecule has 2 rings (SSSR count). The Morgan fingerprint density at radius 3 is 2.52 bits per heavy atom. The quantitative estimate of drug-likeness (QED) is 0.943. The van der Waals surface area contributed by atoms with E-state index in [2.05, 4.69) is 36.2 Å². The Morgan fingerprint density at radius 1 is 1.29 bits per heavy atom. The highest BCUT2D eigenvalue weighted by atomic mass is 16.1. The standard InChI is InChI=1S/C16H22N4O/c1-6-14-13(10-18-20(14)16(3,4)5)15(21)19-12-8-7-11(2)17-9-12/h7-10H,6H2,1-5H3,(H,19,21). The zero-order valence-electron chi connectivity index (χ0n) is 13.3. The lowest BCUT2D eigenvalue weighted by atomic mass is 10.1. The highest BCUT2D eigenvalue weighted by Gasteiger charge is 2.23. The zero-order chi connectivity index (χ0) is 15.6. The van der Waals surface area contributed by atoms with E-state index in [0.717, 1.165) is 17.8 Å². The second-order valence-electron chi connectivity index (χ2n) is 6.08. The van der Waals surface area contributed by atoms with Crippen LogP contribution >= 0.6 is 0 Å². The van der Waals surface area contributed by atoms with Crippen molar-refractivity contribution in [1.29, 1.82) is 0 Å². The van der Waals surface area contributed by atoms with Crippen molar-refractivity contribution in [3.63, 3.8) is 0 Å². The van der Waals surface area contributed by atoms with E-state index in [1.807, 2.05) is 30.7 Å². The van der Waals surface area contributed by atoms with Crippen LogP contribution in [0.5, 0.6) is 0 Å². The lowest BCUT2D eigenvalue weighted by molar-refractivity contribution is 0.102. The molecule has 0 radical (unpaired) electrons. The van der Waals surface area contributed by atoms with Crippen LogP contribution in [-0.2, 0) is 12.0 Å². The molecule has 0 aliphatic heterocycles. The van der Waals surface area contributed by atoms with E-state index in [-0.39, 0.29) is 11.4 Å². The van der Waals surface area contributed by atoms with Crippen molar-refractivity contribution >= 4 is 11.6 Å². The Balaban J connectivity index is 2.27. The summed E-state index contributed by atoms with van der Waals surface area (Å²) in [6.07, 6.45) is 4.06. The summed E-state index contributed by atoms with van der Waals surface area (Å²) in [6, 6.07) is 3.72. The van der Waals surface area contributed by atoms with Crippen molar-refractivity contribution in [3.05, 3.63) is 41.5 Å². The summed E-state index contributed by atoms with van der Waals surface area (Å²) in [5.74, 6) is -0.145. The van der Waals surface area contributed by atoms with Crippen LogP contribution < -0.4 is 5.32 Å². The number of hydrogen-bond acceptors (Lipinski definition) is 3. The number of carbonyl (C=O) groups is 1. The number of anilines is 1. The minimum Gasteiger partial charge on any atom is -0.320 e. The van der Waals surface area contributed by atoms with Gasteiger partial charge in [-0.15, -0.1) is 0 Å². The smallest absolute Gasteiger partial charge is 0.259 e. The number of carbonyl (C=O) groups excluding carboxylic acids is 1. The van der Waals surface area contributed by atoms with Gasteiger partial charge in [0.05, 0.1) is 34.9 Å². The number of rotatable bonds is 3. The van der Waals surface area contributed by atoms with Crippen LogP contribution in [0.1, 0.15) is 49.4 Å². The normalized spacial score (nSPS) is 11.5. The molecule has 5 heteroatoms. The second kappa shape index (κ2) is 5.68. The average molecular weight is 286 g/mol. The fraction of sp³-hybridized carbons (Fsp3) is 0.438. The minimum absolute atomic E-state index is 0.144. The third kappa shape index (κ3) is 3.29. The number of pyridine rings is 1. The zero-order valence-corrected chi connectivity index (χ0v) is 13.3. The van der Waals surface area contributed by atoms with E-state index >= 15 is 0 Å². The predicted molar refractivity (Wildman–Crippen MR) is 83.5 cm³/mol. The van der Waals surface area contributed by atoms with Crippen molar-refractivity contribution in [2.24, 2.45) is 0 Å². The summed E-state index contributed by atoms with van der Waals surface area (Å²) in [5.41, 5.74) is 3.03. The van der Waals surface area contributed by atoms with E-state index in [4.69, 9.17) is 0 Å². The number of nitrogens with zero attached hydrogens (tertiary/aromatic N) is 3. The van der Waals surface area contributed by atoms with E-state index in [0.29, 0.717) is 11.3 Å². The largest absolute Gasteiger partial charge is 0.320 e. The molecule has 2 aromatic rings. The molecular weight excluding hydrogens is 264 g/mol. The molecule has 1 amide bonds. The first kappa shape index (κ1) is 15.2. The third-order valence-corrected chi connectivity index (χ3v) is 3.25. The van der Waals surface area contributed by atoms with Gasteiger partial charge in [-0.3, -0.25) is 14.5 Å². The van der Waals surface area contributed by atoms with Crippen molar-refractivity contribution in [1.82, 2.24) is 14.8 Å². The molecule has 5 nitrogen and oxygen atoms in total. The molecule has 2 aromatic heterocycles. The van der Waals surface area contributed by atoms with Gasteiger partial charge in [0.1, 0.15) is 0 Å². The number of aromatic nitrogens is 3. The van der Waals surface area contributed by atoms with Gasteiger partial charge in [-0.05, 0) is 46.2 Å². The summed E-state index contributed by atoms with van der Waals surface area (Å²) in [5, 5.41) is 7.25. The molecule has 0 spiro atoms. The number of amides is 1. The maximum atomic E-state index is 12.4. The van der Waals surface area contributed by atoms with Crippen LogP contribution in [-0.4, -0.2) is 20.7 Å². The number of hydrogen-bond donors (Lipinski definition) is 1. The molecule has 2 heterocycles. The average Bonchev–Trinajstić information content (AvgIpc) is 2.85. The molecule has 0 aliphatic rings. The molecule has 0 saturated carbocycles. The lowest BCUT2D eigenvalue weighted by Crippen LogP contribution is -2.26. The minimum atomic E-state index is -0.145. The van der Waals surface area contributed by atoms with Gasteiger partial charge in [-0.1, -0.05) is 6.92 Å². The fourth-order valence-corrected chi connectivity index (χ4v) is 2.22. The molecule has 0 saturated heterocycles. The third-order valence-electron chi connectivity index (χ3n) is 3.25. The van der Waals surface area contributed by atoms with E-state index in [1.165, 1.54) is 0 Å². The molecule has 0 bridgehead atoms. The monoisotopic (exact) mass is 286 g/mol. The molecule has 0 aromatic carbocycles. The van der Waals surface area contributed by atoms with Gasteiger partial charge in [0.15, 0.2) is 0 Å². The Morgan fingerprint density at radius 2 is 2.00 bits per heavy atom. The molecule has 21 heavy (non-hydrogen) atoms. The van der Waals surface area contributed by atoms with E-state index in [9.17, 15) is 4.79 Å². The summed E-state index contributed by atoms with van der Waals surface area (Å²) in [4.78, 5) is 16.6. The molecule has 112 valence electrons. The molecule has 0 unspecified atom stereocenters.